The van der Waals surface area contributed by atoms with Crippen LogP contribution in [0.3, 0.4) is 0 Å². The molecule has 0 amide bonds. The number of nitrogens with zero attached hydrogens (tertiary/aromatic N) is 3. The lowest BCUT2D eigenvalue weighted by Crippen LogP contribution is -2.22. The molecule has 6 heteroatoms. The number of aromatic amines is 1. The van der Waals surface area contributed by atoms with Crippen LogP contribution in [0.2, 0.25) is 0 Å². The molecule has 1 aromatic heterocycles. The molecule has 43 heavy (non-hydrogen) atoms. The topological polar surface area (TPSA) is 61.5 Å². The van der Waals surface area contributed by atoms with E-state index in [4.69, 9.17) is 9.72 Å². The minimum Gasteiger partial charge on any atom is -0.466 e. The summed E-state index contributed by atoms with van der Waals surface area (Å²) in [6.07, 6.45) is 10.7. The van der Waals surface area contributed by atoms with Gasteiger partial charge in [-0.1, -0.05) is 72.8 Å². The number of ether oxygens (including phenoxy) is 1. The Morgan fingerprint density at radius 1 is 0.721 bits per heavy atom. The predicted molar refractivity (Wildman–Crippen MR) is 181 cm³/mol. The van der Waals surface area contributed by atoms with Gasteiger partial charge >= 0.3 is 5.97 Å². The van der Waals surface area contributed by atoms with Gasteiger partial charge in [-0.05, 0) is 35.9 Å². The first kappa shape index (κ1) is 30.6. The van der Waals surface area contributed by atoms with Crippen molar-refractivity contribution in [2.24, 2.45) is 0 Å². The summed E-state index contributed by atoms with van der Waals surface area (Å²) in [5, 5.41) is 0. The maximum atomic E-state index is 11.5. The van der Waals surface area contributed by atoms with E-state index in [1.54, 1.807) is 6.08 Å². The Bertz CT molecular complexity index is 1470. The van der Waals surface area contributed by atoms with Gasteiger partial charge in [0, 0.05) is 60.3 Å². The molecule has 1 N–H and O–H groups in total. The molecule has 1 heterocycles. The molecule has 0 spiro atoms. The molecular formula is C37H38N4O2. The molecule has 0 saturated heterocycles. The lowest BCUT2D eigenvalue weighted by atomic mass is 10.0. The summed E-state index contributed by atoms with van der Waals surface area (Å²) >= 11 is 0. The molecule has 4 aromatic rings. The zero-order valence-electron chi connectivity index (χ0n) is 24.7. The number of benzene rings is 3. The minimum atomic E-state index is -0.393. The van der Waals surface area contributed by atoms with Gasteiger partial charge in [0.25, 0.3) is 0 Å². The molecule has 0 saturated carbocycles. The van der Waals surface area contributed by atoms with Crippen LogP contribution in [0.25, 0.3) is 40.0 Å². The zero-order valence-corrected chi connectivity index (χ0v) is 24.7. The highest BCUT2D eigenvalue weighted by Crippen LogP contribution is 2.35. The summed E-state index contributed by atoms with van der Waals surface area (Å²) in [6.45, 7) is 18.5. The van der Waals surface area contributed by atoms with E-state index in [0.717, 1.165) is 77.0 Å². The number of esters is 1. The normalized spacial score (nSPS) is 10.7. The Morgan fingerprint density at radius 2 is 1.19 bits per heavy atom. The van der Waals surface area contributed by atoms with Gasteiger partial charge in [0.15, 0.2) is 0 Å². The second-order valence-corrected chi connectivity index (χ2v) is 9.85. The second kappa shape index (κ2) is 15.0. The molecule has 0 aliphatic heterocycles. The number of rotatable bonds is 15. The van der Waals surface area contributed by atoms with Gasteiger partial charge in [0.05, 0.1) is 18.5 Å². The molecule has 4 rings (SSSR count). The first-order valence-electron chi connectivity index (χ1n) is 14.1. The number of hydrogen-bond acceptors (Lipinski definition) is 5. The molecule has 0 bridgehead atoms. The molecule has 0 unspecified atom stereocenters. The van der Waals surface area contributed by atoms with Crippen molar-refractivity contribution in [2.75, 3.05) is 43.1 Å². The summed E-state index contributed by atoms with van der Waals surface area (Å²) in [5.41, 5.74) is 7.81. The Balaban J connectivity index is 1.74. The first-order valence-corrected chi connectivity index (χ1v) is 14.1. The highest BCUT2D eigenvalue weighted by molar-refractivity contribution is 5.87. The molecule has 218 valence electrons. The van der Waals surface area contributed by atoms with E-state index >= 15 is 0 Å². The summed E-state index contributed by atoms with van der Waals surface area (Å²) in [7, 11) is 1.36. The number of nitrogens with one attached hydrogen (secondary N) is 1. The molecule has 3 aromatic carbocycles. The fourth-order valence-electron chi connectivity index (χ4n) is 4.78. The van der Waals surface area contributed by atoms with Crippen LogP contribution in [0, 0.1) is 0 Å². The second-order valence-electron chi connectivity index (χ2n) is 9.85. The van der Waals surface area contributed by atoms with Gasteiger partial charge in [0.2, 0.25) is 0 Å². The van der Waals surface area contributed by atoms with Gasteiger partial charge in [-0.2, -0.15) is 0 Å². The number of hydrogen-bond donors (Lipinski definition) is 1. The molecule has 0 aliphatic carbocycles. The minimum absolute atomic E-state index is 0.393. The van der Waals surface area contributed by atoms with Crippen molar-refractivity contribution < 1.29 is 9.53 Å². The van der Waals surface area contributed by atoms with Crippen LogP contribution in [-0.2, 0) is 9.53 Å². The third-order valence-corrected chi connectivity index (χ3v) is 6.93. The summed E-state index contributed by atoms with van der Waals surface area (Å²) < 4.78 is 4.69. The van der Waals surface area contributed by atoms with Crippen molar-refractivity contribution >= 4 is 23.4 Å². The van der Waals surface area contributed by atoms with Gasteiger partial charge in [-0.3, -0.25) is 0 Å². The average Bonchev–Trinajstić information content (AvgIpc) is 3.49. The van der Waals surface area contributed by atoms with Crippen molar-refractivity contribution in [1.82, 2.24) is 9.97 Å². The van der Waals surface area contributed by atoms with Gasteiger partial charge in [0.1, 0.15) is 5.82 Å². The first-order chi connectivity index (χ1) is 21.0. The summed E-state index contributed by atoms with van der Waals surface area (Å²) in [4.78, 5) is 24.6. The lowest BCUT2D eigenvalue weighted by Gasteiger charge is -2.22. The Labute approximate surface area is 254 Å². The van der Waals surface area contributed by atoms with Crippen LogP contribution in [-0.4, -0.2) is 49.2 Å². The number of imidazole rings is 1. The summed E-state index contributed by atoms with van der Waals surface area (Å²) in [6, 6.07) is 24.7. The highest BCUT2D eigenvalue weighted by Gasteiger charge is 2.17. The third-order valence-electron chi connectivity index (χ3n) is 6.93. The zero-order chi connectivity index (χ0) is 30.6. The third kappa shape index (κ3) is 7.68. The maximum Gasteiger partial charge on any atom is 0.330 e. The van der Waals surface area contributed by atoms with Gasteiger partial charge in [-0.15, -0.1) is 26.3 Å². The van der Waals surface area contributed by atoms with Crippen LogP contribution in [0.5, 0.6) is 0 Å². The highest BCUT2D eigenvalue weighted by atomic mass is 16.5. The standard InChI is InChI=1S/C37H38N4O2/c1-6-24-40(25-7-2)32-19-15-29(16-20-32)35-36(30-17-21-33(22-18-30)41(26-8-3)27-9-4)39-37(38-35)31-13-10-28(11-14-31)12-23-34(42)43-5/h6-23H,1-4,24-27H2,5H3,(H,38,39)/b23-12+. The maximum absolute atomic E-state index is 11.5. The molecule has 0 aliphatic rings. The van der Waals surface area contributed by atoms with Crippen molar-refractivity contribution in [2.45, 2.75) is 0 Å². The monoisotopic (exact) mass is 570 g/mol. The number of methoxy groups -OCH3 is 1. The van der Waals surface area contributed by atoms with Crippen LogP contribution >= 0.6 is 0 Å². The van der Waals surface area contributed by atoms with E-state index in [1.807, 2.05) is 48.6 Å². The average molecular weight is 571 g/mol. The van der Waals surface area contributed by atoms with Crippen molar-refractivity contribution in [3.63, 3.8) is 0 Å². The number of anilines is 2. The lowest BCUT2D eigenvalue weighted by molar-refractivity contribution is -0.134. The molecule has 0 radical (unpaired) electrons. The Hall–Kier alpha value is -5.36. The van der Waals surface area contributed by atoms with E-state index in [2.05, 4.69) is 89.6 Å². The smallest absolute Gasteiger partial charge is 0.330 e. The van der Waals surface area contributed by atoms with E-state index in [1.165, 1.54) is 13.2 Å². The van der Waals surface area contributed by atoms with Crippen LogP contribution in [0.4, 0.5) is 11.4 Å². The molecular weight excluding hydrogens is 532 g/mol. The molecule has 0 fully saturated rings. The van der Waals surface area contributed by atoms with Gasteiger partial charge < -0.3 is 19.5 Å². The Morgan fingerprint density at radius 3 is 1.65 bits per heavy atom. The predicted octanol–water partition coefficient (Wildman–Crippen LogP) is 7.95. The van der Waals surface area contributed by atoms with E-state index in [9.17, 15) is 4.79 Å². The van der Waals surface area contributed by atoms with Crippen molar-refractivity contribution in [1.29, 1.82) is 0 Å². The van der Waals surface area contributed by atoms with E-state index in [0.29, 0.717) is 0 Å². The number of carbonyl (C=O) groups is 1. The quantitative estimate of drug-likeness (QED) is 0.0893. The van der Waals surface area contributed by atoms with Gasteiger partial charge in [-0.25, -0.2) is 9.78 Å². The van der Waals surface area contributed by atoms with Crippen LogP contribution in [0.1, 0.15) is 5.56 Å². The van der Waals surface area contributed by atoms with E-state index in [-0.39, 0.29) is 0 Å². The summed E-state index contributed by atoms with van der Waals surface area (Å²) in [5.74, 6) is 0.358. The van der Waals surface area contributed by atoms with Crippen molar-refractivity contribution in [3.05, 3.63) is 135 Å². The number of H-pyrrole nitrogens is 1. The fraction of sp³-hybridized carbons (Fsp3) is 0.135. The molecule has 0 atom stereocenters. The van der Waals surface area contributed by atoms with E-state index < -0.39 is 5.97 Å². The SMILES string of the molecule is C=CCN(CC=C)c1ccc(-c2nc(-c3ccc(/C=C/C(=O)OC)cc3)[nH]c2-c2ccc(N(CC=C)CC=C)cc2)cc1. The largest absolute Gasteiger partial charge is 0.466 e. The number of aromatic nitrogens is 2. The Kier molecular flexibility index (Phi) is 10.7. The van der Waals surface area contributed by atoms with Crippen LogP contribution < -0.4 is 9.80 Å². The van der Waals surface area contributed by atoms with Crippen LogP contribution in [0.15, 0.2) is 129 Å². The van der Waals surface area contributed by atoms with Crippen molar-refractivity contribution in [3.8, 4) is 33.9 Å². The molecule has 6 nitrogen and oxygen atoms in total. The fourth-order valence-corrected chi connectivity index (χ4v) is 4.78. The number of carbonyl (C=O) groups excluding carboxylic acids is 1.